The Balaban J connectivity index is 1.59. The van der Waals surface area contributed by atoms with Crippen molar-refractivity contribution in [3.8, 4) is 10.7 Å². The van der Waals surface area contributed by atoms with Gasteiger partial charge in [-0.05, 0) is 25.1 Å². The van der Waals surface area contributed by atoms with Crippen molar-refractivity contribution < 1.29 is 9.53 Å². The van der Waals surface area contributed by atoms with Gasteiger partial charge < -0.3 is 9.64 Å². The lowest BCUT2D eigenvalue weighted by molar-refractivity contribution is -0.134. The number of fused-ring (bicyclic) bond motifs is 1. The molecule has 1 amide bonds. The van der Waals surface area contributed by atoms with E-state index in [0.29, 0.717) is 26.3 Å². The maximum Gasteiger partial charge on any atom is 0.228 e. The Kier molecular flexibility index (Phi) is 4.37. The van der Waals surface area contributed by atoms with E-state index >= 15 is 0 Å². The SMILES string of the molecule is Cc1nnc(-c2ccc3cnc(CC(=O)N4CCOCC4)cc3n2)s1. The molecule has 128 valence electrons. The van der Waals surface area contributed by atoms with E-state index in [0.717, 1.165) is 32.3 Å². The van der Waals surface area contributed by atoms with Crippen LogP contribution in [0.3, 0.4) is 0 Å². The Labute approximate surface area is 148 Å². The van der Waals surface area contributed by atoms with Gasteiger partial charge in [-0.1, -0.05) is 11.3 Å². The van der Waals surface area contributed by atoms with Crippen molar-refractivity contribution in [2.24, 2.45) is 0 Å². The Bertz CT molecular complexity index is 920. The molecule has 0 N–H and O–H groups in total. The summed E-state index contributed by atoms with van der Waals surface area (Å²) in [5, 5.41) is 10.8. The van der Waals surface area contributed by atoms with E-state index in [9.17, 15) is 4.79 Å². The Morgan fingerprint density at radius 2 is 2.12 bits per heavy atom. The molecule has 0 saturated carbocycles. The standard InChI is InChI=1S/C17H17N5O2S/c1-11-20-21-17(25-11)14-3-2-12-10-18-13(8-15(12)19-14)9-16(23)22-4-6-24-7-5-22/h2-3,8,10H,4-7,9H2,1H3. The van der Waals surface area contributed by atoms with Crippen molar-refractivity contribution in [2.45, 2.75) is 13.3 Å². The molecule has 7 nitrogen and oxygen atoms in total. The predicted octanol–water partition coefficient (Wildman–Crippen LogP) is 1.86. The number of rotatable bonds is 3. The van der Waals surface area contributed by atoms with Crippen molar-refractivity contribution in [3.63, 3.8) is 0 Å². The fourth-order valence-electron chi connectivity index (χ4n) is 2.75. The van der Waals surface area contributed by atoms with E-state index in [2.05, 4.69) is 20.2 Å². The van der Waals surface area contributed by atoms with Crippen LogP contribution in [-0.4, -0.2) is 57.3 Å². The lowest BCUT2D eigenvalue weighted by Gasteiger charge is -2.26. The van der Waals surface area contributed by atoms with E-state index in [1.165, 1.54) is 11.3 Å². The quantitative estimate of drug-likeness (QED) is 0.713. The first-order valence-electron chi connectivity index (χ1n) is 8.11. The summed E-state index contributed by atoms with van der Waals surface area (Å²) in [5.41, 5.74) is 2.32. The highest BCUT2D eigenvalue weighted by molar-refractivity contribution is 7.14. The third-order valence-corrected chi connectivity index (χ3v) is 4.93. The molecule has 0 aliphatic carbocycles. The normalized spacial score (nSPS) is 14.8. The van der Waals surface area contributed by atoms with E-state index in [1.807, 2.05) is 30.0 Å². The molecular formula is C17H17N5O2S. The molecule has 0 spiro atoms. The fraction of sp³-hybridized carbons (Fsp3) is 0.353. The van der Waals surface area contributed by atoms with Gasteiger partial charge in [-0.25, -0.2) is 4.98 Å². The van der Waals surface area contributed by atoms with Crippen LogP contribution in [0.15, 0.2) is 24.4 Å². The topological polar surface area (TPSA) is 81.1 Å². The summed E-state index contributed by atoms with van der Waals surface area (Å²) in [6.07, 6.45) is 2.04. The smallest absolute Gasteiger partial charge is 0.228 e. The zero-order valence-electron chi connectivity index (χ0n) is 13.8. The van der Waals surface area contributed by atoms with Crippen LogP contribution in [0.2, 0.25) is 0 Å². The second-order valence-corrected chi connectivity index (χ2v) is 7.04. The highest BCUT2D eigenvalue weighted by atomic mass is 32.1. The highest BCUT2D eigenvalue weighted by Gasteiger charge is 2.18. The zero-order valence-corrected chi connectivity index (χ0v) is 14.6. The Morgan fingerprint density at radius 1 is 1.28 bits per heavy atom. The summed E-state index contributed by atoms with van der Waals surface area (Å²) in [6, 6.07) is 5.77. The number of hydrogen-bond acceptors (Lipinski definition) is 7. The van der Waals surface area contributed by atoms with Crippen LogP contribution in [-0.2, 0) is 16.0 Å². The molecule has 1 saturated heterocycles. The van der Waals surface area contributed by atoms with Gasteiger partial charge in [-0.15, -0.1) is 10.2 Å². The number of aromatic nitrogens is 4. The van der Waals surface area contributed by atoms with Crippen molar-refractivity contribution in [3.05, 3.63) is 35.1 Å². The van der Waals surface area contributed by atoms with E-state index < -0.39 is 0 Å². The molecule has 3 aromatic rings. The molecule has 0 aromatic carbocycles. The minimum absolute atomic E-state index is 0.0750. The summed E-state index contributed by atoms with van der Waals surface area (Å²) >= 11 is 1.51. The predicted molar refractivity (Wildman–Crippen MR) is 94.3 cm³/mol. The summed E-state index contributed by atoms with van der Waals surface area (Å²) < 4.78 is 5.29. The fourth-order valence-corrected chi connectivity index (χ4v) is 3.41. The average molecular weight is 355 g/mol. The number of carbonyl (C=O) groups excluding carboxylic acids is 1. The Morgan fingerprint density at radius 3 is 2.88 bits per heavy atom. The van der Waals surface area contributed by atoms with Crippen LogP contribution in [0, 0.1) is 6.92 Å². The molecule has 8 heteroatoms. The van der Waals surface area contributed by atoms with Crippen molar-refractivity contribution in [1.29, 1.82) is 0 Å². The molecule has 0 bridgehead atoms. The molecular weight excluding hydrogens is 338 g/mol. The molecule has 0 radical (unpaired) electrons. The first-order chi connectivity index (χ1) is 12.2. The largest absolute Gasteiger partial charge is 0.378 e. The van der Waals surface area contributed by atoms with Gasteiger partial charge in [-0.3, -0.25) is 9.78 Å². The monoisotopic (exact) mass is 355 g/mol. The third-order valence-electron chi connectivity index (χ3n) is 4.07. The minimum atomic E-state index is 0.0750. The maximum atomic E-state index is 12.4. The van der Waals surface area contributed by atoms with Crippen LogP contribution < -0.4 is 0 Å². The lowest BCUT2D eigenvalue weighted by Crippen LogP contribution is -2.41. The number of ether oxygens (including phenoxy) is 1. The number of nitrogens with zero attached hydrogens (tertiary/aromatic N) is 5. The van der Waals surface area contributed by atoms with Gasteiger partial charge in [0.25, 0.3) is 0 Å². The van der Waals surface area contributed by atoms with Crippen LogP contribution in [0.1, 0.15) is 10.7 Å². The number of pyridine rings is 2. The van der Waals surface area contributed by atoms with E-state index in [-0.39, 0.29) is 12.3 Å². The van der Waals surface area contributed by atoms with Gasteiger partial charge in [0.1, 0.15) is 10.7 Å². The van der Waals surface area contributed by atoms with Gasteiger partial charge in [0.15, 0.2) is 5.01 Å². The third kappa shape index (κ3) is 3.49. The van der Waals surface area contributed by atoms with Crippen molar-refractivity contribution in [1.82, 2.24) is 25.1 Å². The minimum Gasteiger partial charge on any atom is -0.378 e. The molecule has 0 atom stereocenters. The first-order valence-corrected chi connectivity index (χ1v) is 8.92. The van der Waals surface area contributed by atoms with Gasteiger partial charge in [0.2, 0.25) is 5.91 Å². The summed E-state index contributed by atoms with van der Waals surface area (Å²) in [7, 11) is 0. The van der Waals surface area contributed by atoms with Crippen molar-refractivity contribution >= 4 is 28.1 Å². The summed E-state index contributed by atoms with van der Waals surface area (Å²) in [6.45, 7) is 4.41. The van der Waals surface area contributed by atoms with Gasteiger partial charge in [-0.2, -0.15) is 0 Å². The van der Waals surface area contributed by atoms with E-state index in [1.54, 1.807) is 6.20 Å². The van der Waals surface area contributed by atoms with Gasteiger partial charge in [0.05, 0.1) is 30.8 Å². The molecule has 1 aliphatic rings. The number of aryl methyl sites for hydroxylation is 1. The first kappa shape index (κ1) is 16.0. The number of amides is 1. The second-order valence-electron chi connectivity index (χ2n) is 5.86. The molecule has 3 aromatic heterocycles. The van der Waals surface area contributed by atoms with Crippen LogP contribution in [0.4, 0.5) is 0 Å². The van der Waals surface area contributed by atoms with Crippen molar-refractivity contribution in [2.75, 3.05) is 26.3 Å². The highest BCUT2D eigenvalue weighted by Crippen LogP contribution is 2.24. The molecule has 0 unspecified atom stereocenters. The van der Waals surface area contributed by atoms with E-state index in [4.69, 9.17) is 4.74 Å². The zero-order chi connectivity index (χ0) is 17.2. The summed E-state index contributed by atoms with van der Waals surface area (Å²) in [4.78, 5) is 23.3. The Hall–Kier alpha value is -2.45. The summed E-state index contributed by atoms with van der Waals surface area (Å²) in [5.74, 6) is 0.0750. The van der Waals surface area contributed by atoms with Crippen LogP contribution >= 0.6 is 11.3 Å². The lowest BCUT2D eigenvalue weighted by atomic mass is 10.2. The molecule has 4 heterocycles. The average Bonchev–Trinajstić information content (AvgIpc) is 3.08. The van der Waals surface area contributed by atoms with Crippen LogP contribution in [0.25, 0.3) is 21.6 Å². The number of morpholine rings is 1. The van der Waals surface area contributed by atoms with Crippen LogP contribution in [0.5, 0.6) is 0 Å². The molecule has 4 rings (SSSR count). The second kappa shape index (κ2) is 6.81. The molecule has 1 fully saturated rings. The number of carbonyl (C=O) groups is 1. The van der Waals surface area contributed by atoms with Gasteiger partial charge >= 0.3 is 0 Å². The maximum absolute atomic E-state index is 12.4. The molecule has 1 aliphatic heterocycles. The number of hydrogen-bond donors (Lipinski definition) is 0. The van der Waals surface area contributed by atoms with Gasteiger partial charge in [0, 0.05) is 24.7 Å². The molecule has 25 heavy (non-hydrogen) atoms.